The molecule has 110 valence electrons. The van der Waals surface area contributed by atoms with Gasteiger partial charge in [0.25, 0.3) is 0 Å². The lowest BCUT2D eigenvalue weighted by molar-refractivity contribution is 0.414. The van der Waals surface area contributed by atoms with E-state index in [2.05, 4.69) is 17.2 Å². The van der Waals surface area contributed by atoms with Gasteiger partial charge in [0, 0.05) is 5.56 Å². The molecule has 1 aliphatic carbocycles. The van der Waals surface area contributed by atoms with E-state index < -0.39 is 0 Å². The van der Waals surface area contributed by atoms with Gasteiger partial charge in [-0.15, -0.1) is 0 Å². The van der Waals surface area contributed by atoms with E-state index in [0.29, 0.717) is 0 Å². The number of rotatable bonds is 2. The third-order valence-electron chi connectivity index (χ3n) is 4.15. The van der Waals surface area contributed by atoms with E-state index in [0.717, 1.165) is 30.0 Å². The zero-order valence-corrected chi connectivity index (χ0v) is 12.2. The van der Waals surface area contributed by atoms with Crippen molar-refractivity contribution >= 4 is 0 Å². The smallest absolute Gasteiger partial charge is 0.123 e. The number of ether oxygens (including phenoxy) is 1. The molecular formula is C18H15FN2O. The molecule has 0 unspecified atom stereocenters. The van der Waals surface area contributed by atoms with Gasteiger partial charge in [-0.3, -0.25) is 0 Å². The maximum Gasteiger partial charge on any atom is 0.123 e. The second kappa shape index (κ2) is 4.98. The number of methoxy groups -OCH3 is 1. The summed E-state index contributed by atoms with van der Waals surface area (Å²) in [4.78, 5) is 0. The summed E-state index contributed by atoms with van der Waals surface area (Å²) >= 11 is 0. The Balaban J connectivity index is 1.89. The van der Waals surface area contributed by atoms with Crippen LogP contribution in [0.3, 0.4) is 0 Å². The summed E-state index contributed by atoms with van der Waals surface area (Å²) < 4.78 is 20.3. The van der Waals surface area contributed by atoms with Gasteiger partial charge < -0.3 is 4.74 Å². The number of halogens is 1. The van der Waals surface area contributed by atoms with Crippen LogP contribution in [0.2, 0.25) is 0 Å². The largest absolute Gasteiger partial charge is 0.497 e. The average Bonchev–Trinajstić information content (AvgIpc) is 2.99. The third-order valence-corrected chi connectivity index (χ3v) is 4.15. The Morgan fingerprint density at radius 1 is 1.05 bits per heavy atom. The molecule has 0 atom stereocenters. The van der Waals surface area contributed by atoms with Gasteiger partial charge in [-0.2, -0.15) is 5.10 Å². The normalized spacial score (nSPS) is 12.6. The van der Waals surface area contributed by atoms with Crippen molar-refractivity contribution in [2.24, 2.45) is 0 Å². The van der Waals surface area contributed by atoms with Crippen LogP contribution in [0.4, 0.5) is 4.39 Å². The fourth-order valence-electron chi connectivity index (χ4n) is 3.03. The second-order valence-corrected chi connectivity index (χ2v) is 5.43. The predicted octanol–water partition coefficient (Wildman–Crippen LogP) is 3.79. The molecule has 0 aliphatic heterocycles. The van der Waals surface area contributed by atoms with Crippen molar-refractivity contribution in [1.82, 2.24) is 9.78 Å². The first-order valence-electron chi connectivity index (χ1n) is 7.26. The molecule has 0 amide bonds. The van der Waals surface area contributed by atoms with Crippen molar-refractivity contribution in [3.63, 3.8) is 0 Å². The Bertz CT molecular complexity index is 837. The quantitative estimate of drug-likeness (QED) is 0.719. The number of aryl methyl sites for hydroxylation is 2. The van der Waals surface area contributed by atoms with Crippen molar-refractivity contribution in [3.8, 4) is 22.7 Å². The molecule has 0 saturated carbocycles. The number of nitrogens with zero attached hydrogens (tertiary/aromatic N) is 2. The molecule has 1 aliphatic rings. The first-order chi connectivity index (χ1) is 10.8. The highest BCUT2D eigenvalue weighted by Gasteiger charge is 2.22. The summed E-state index contributed by atoms with van der Waals surface area (Å²) in [6, 6.07) is 12.5. The van der Waals surface area contributed by atoms with Crippen molar-refractivity contribution in [2.45, 2.75) is 12.8 Å². The summed E-state index contributed by atoms with van der Waals surface area (Å²) in [5.74, 6) is 0.630. The maximum atomic E-state index is 13.1. The first-order valence-corrected chi connectivity index (χ1v) is 7.26. The molecule has 1 heterocycles. The van der Waals surface area contributed by atoms with Gasteiger partial charge in [0.15, 0.2) is 0 Å². The summed E-state index contributed by atoms with van der Waals surface area (Å²) in [6.45, 7) is 0. The molecule has 2 aromatic carbocycles. The molecule has 0 N–H and O–H groups in total. The van der Waals surface area contributed by atoms with Crippen LogP contribution in [-0.2, 0) is 12.8 Å². The van der Waals surface area contributed by atoms with Gasteiger partial charge in [0.2, 0.25) is 0 Å². The Kier molecular flexibility index (Phi) is 2.96. The fourth-order valence-corrected chi connectivity index (χ4v) is 3.03. The molecular weight excluding hydrogens is 279 g/mol. The van der Waals surface area contributed by atoms with Gasteiger partial charge in [0.05, 0.1) is 24.7 Å². The summed E-state index contributed by atoms with van der Waals surface area (Å²) in [5, 5.41) is 4.50. The van der Waals surface area contributed by atoms with Crippen molar-refractivity contribution in [2.75, 3.05) is 7.11 Å². The SMILES string of the molecule is COc1ccc2c(c1)CCc1cnn(-c3ccc(F)cc3)c1-2. The molecule has 0 spiro atoms. The van der Waals surface area contributed by atoms with Crippen LogP contribution >= 0.6 is 0 Å². The number of hydrogen-bond acceptors (Lipinski definition) is 2. The van der Waals surface area contributed by atoms with Gasteiger partial charge in [-0.1, -0.05) is 0 Å². The first kappa shape index (κ1) is 13.1. The summed E-state index contributed by atoms with van der Waals surface area (Å²) in [5.41, 5.74) is 5.61. The lowest BCUT2D eigenvalue weighted by atomic mass is 9.90. The maximum absolute atomic E-state index is 13.1. The predicted molar refractivity (Wildman–Crippen MR) is 82.9 cm³/mol. The highest BCUT2D eigenvalue weighted by atomic mass is 19.1. The monoisotopic (exact) mass is 294 g/mol. The van der Waals surface area contributed by atoms with Crippen molar-refractivity contribution in [1.29, 1.82) is 0 Å². The van der Waals surface area contributed by atoms with E-state index in [1.54, 1.807) is 19.2 Å². The lowest BCUT2D eigenvalue weighted by Gasteiger charge is -2.19. The molecule has 0 fully saturated rings. The minimum atomic E-state index is -0.241. The molecule has 0 radical (unpaired) electrons. The number of benzene rings is 2. The molecule has 1 aromatic heterocycles. The number of aromatic nitrogens is 2. The lowest BCUT2D eigenvalue weighted by Crippen LogP contribution is -2.07. The Morgan fingerprint density at radius 2 is 1.82 bits per heavy atom. The summed E-state index contributed by atoms with van der Waals surface area (Å²) in [6.07, 6.45) is 3.84. The molecule has 4 heteroatoms. The second-order valence-electron chi connectivity index (χ2n) is 5.43. The van der Waals surface area contributed by atoms with E-state index in [-0.39, 0.29) is 5.82 Å². The molecule has 3 aromatic rings. The van der Waals surface area contributed by atoms with Crippen LogP contribution in [0.25, 0.3) is 16.9 Å². The molecule has 4 rings (SSSR count). The van der Waals surface area contributed by atoms with Crippen LogP contribution in [0.5, 0.6) is 5.75 Å². The highest BCUT2D eigenvalue weighted by molar-refractivity contribution is 5.72. The van der Waals surface area contributed by atoms with Crippen LogP contribution in [0, 0.1) is 5.82 Å². The Hall–Kier alpha value is -2.62. The van der Waals surface area contributed by atoms with E-state index in [4.69, 9.17) is 4.74 Å². The van der Waals surface area contributed by atoms with Crippen LogP contribution in [-0.4, -0.2) is 16.9 Å². The summed E-state index contributed by atoms with van der Waals surface area (Å²) in [7, 11) is 1.68. The van der Waals surface area contributed by atoms with Gasteiger partial charge >= 0.3 is 0 Å². The van der Waals surface area contributed by atoms with E-state index in [9.17, 15) is 4.39 Å². The Labute approximate surface area is 128 Å². The topological polar surface area (TPSA) is 27.1 Å². The van der Waals surface area contributed by atoms with Gasteiger partial charge in [-0.05, 0) is 66.4 Å². The third kappa shape index (κ3) is 1.99. The zero-order valence-electron chi connectivity index (χ0n) is 12.2. The molecule has 0 bridgehead atoms. The Morgan fingerprint density at radius 3 is 2.59 bits per heavy atom. The average molecular weight is 294 g/mol. The molecule has 22 heavy (non-hydrogen) atoms. The molecule has 0 saturated heterocycles. The van der Waals surface area contributed by atoms with Crippen molar-refractivity contribution in [3.05, 3.63) is 65.6 Å². The van der Waals surface area contributed by atoms with Crippen LogP contribution in [0.1, 0.15) is 11.1 Å². The van der Waals surface area contributed by atoms with Gasteiger partial charge in [-0.25, -0.2) is 9.07 Å². The zero-order chi connectivity index (χ0) is 15.1. The van der Waals surface area contributed by atoms with Crippen LogP contribution < -0.4 is 4.74 Å². The van der Waals surface area contributed by atoms with Crippen molar-refractivity contribution < 1.29 is 9.13 Å². The van der Waals surface area contributed by atoms with E-state index >= 15 is 0 Å². The van der Waals surface area contributed by atoms with E-state index in [1.165, 1.54) is 28.8 Å². The number of fused-ring (bicyclic) bond motifs is 3. The van der Waals surface area contributed by atoms with E-state index in [1.807, 2.05) is 16.9 Å². The van der Waals surface area contributed by atoms with Gasteiger partial charge in [0.1, 0.15) is 11.6 Å². The number of hydrogen-bond donors (Lipinski definition) is 0. The van der Waals surface area contributed by atoms with Crippen LogP contribution in [0.15, 0.2) is 48.7 Å². The molecule has 3 nitrogen and oxygen atoms in total. The minimum Gasteiger partial charge on any atom is -0.497 e. The standard InChI is InChI=1S/C18H15FN2O/c1-22-16-8-9-17-12(10-16)2-3-13-11-20-21(18(13)17)15-6-4-14(19)5-7-15/h4-11H,2-3H2,1H3. The minimum absolute atomic E-state index is 0.241. The highest BCUT2D eigenvalue weighted by Crippen LogP contribution is 2.36. The fraction of sp³-hybridized carbons (Fsp3) is 0.167.